The number of rotatable bonds is 5. The van der Waals surface area contributed by atoms with Crippen molar-refractivity contribution < 1.29 is 13.2 Å². The Labute approximate surface area is 162 Å². The lowest BCUT2D eigenvalue weighted by Gasteiger charge is -2.37. The molecule has 146 valence electrons. The van der Waals surface area contributed by atoms with E-state index in [0.717, 1.165) is 37.9 Å². The summed E-state index contributed by atoms with van der Waals surface area (Å²) in [5.74, 6) is 0.570. The molecule has 2 fully saturated rings. The van der Waals surface area contributed by atoms with Crippen molar-refractivity contribution in [3.05, 3.63) is 29.8 Å². The third-order valence-corrected chi connectivity index (χ3v) is 7.47. The second-order valence-corrected chi connectivity index (χ2v) is 9.50. The summed E-state index contributed by atoms with van der Waals surface area (Å²) in [7, 11) is -0.391. The van der Waals surface area contributed by atoms with Gasteiger partial charge in [0.2, 0.25) is 15.9 Å². The molecule has 0 spiro atoms. The molecule has 1 aromatic carbocycles. The van der Waals surface area contributed by atoms with Gasteiger partial charge in [0.1, 0.15) is 0 Å². The highest BCUT2D eigenvalue weighted by Crippen LogP contribution is 2.43. The highest BCUT2D eigenvalue weighted by molar-refractivity contribution is 7.89. The molecular weight excluding hydrogens is 374 g/mol. The summed E-state index contributed by atoms with van der Waals surface area (Å²) in [4.78, 5) is 13.1. The fourth-order valence-corrected chi connectivity index (χ4v) is 4.94. The summed E-state index contributed by atoms with van der Waals surface area (Å²) in [5, 5.41) is 6.46. The topological polar surface area (TPSA) is 78.5 Å². The molecular formula is C18H28ClN3O3S. The zero-order valence-electron chi connectivity index (χ0n) is 15.3. The normalized spacial score (nSPS) is 25.4. The van der Waals surface area contributed by atoms with E-state index in [-0.39, 0.29) is 28.6 Å². The second kappa shape index (κ2) is 8.25. The fourth-order valence-electron chi connectivity index (χ4n) is 4.04. The number of hydrogen-bond acceptors (Lipinski definition) is 4. The van der Waals surface area contributed by atoms with Crippen LogP contribution in [0.2, 0.25) is 0 Å². The van der Waals surface area contributed by atoms with E-state index < -0.39 is 10.0 Å². The number of halogens is 1. The first-order chi connectivity index (χ1) is 11.9. The number of carbonyl (C=O) groups excluding carboxylic acids is 1. The minimum atomic E-state index is -3.42. The standard InChI is InChI=1S/C18H27N3O3S.ClH/c1-21(2)25(23,24)16-8-6-14(7-9-16)11-20-17(22)18-10-4-3-5-15(18)12-19-13-18;/h6-9,15,19H,3-5,10-13H2,1-2H3,(H,20,22);1H/t15-,18+;/m0./s1. The molecule has 1 amide bonds. The minimum absolute atomic E-state index is 0. The lowest BCUT2D eigenvalue weighted by Crippen LogP contribution is -2.47. The van der Waals surface area contributed by atoms with Gasteiger partial charge in [-0.15, -0.1) is 12.4 Å². The van der Waals surface area contributed by atoms with Gasteiger partial charge in [-0.05, 0) is 43.0 Å². The number of nitrogens with one attached hydrogen (secondary N) is 2. The van der Waals surface area contributed by atoms with Crippen molar-refractivity contribution in [2.45, 2.75) is 37.1 Å². The van der Waals surface area contributed by atoms with E-state index in [4.69, 9.17) is 0 Å². The minimum Gasteiger partial charge on any atom is -0.351 e. The van der Waals surface area contributed by atoms with E-state index in [1.807, 2.05) is 0 Å². The molecule has 1 aliphatic heterocycles. The van der Waals surface area contributed by atoms with Crippen LogP contribution in [0, 0.1) is 11.3 Å². The SMILES string of the molecule is CN(C)S(=O)(=O)c1ccc(CNC(=O)[C@@]23CCCC[C@H]2CNC3)cc1.Cl. The first kappa shape index (κ1) is 21.2. The summed E-state index contributed by atoms with van der Waals surface area (Å²) in [6.07, 6.45) is 4.40. The Kier molecular flexibility index (Phi) is 6.71. The molecule has 1 saturated heterocycles. The average Bonchev–Trinajstić information content (AvgIpc) is 3.05. The number of sulfonamides is 1. The quantitative estimate of drug-likeness (QED) is 0.787. The van der Waals surface area contributed by atoms with Gasteiger partial charge in [0.15, 0.2) is 0 Å². The van der Waals surface area contributed by atoms with Crippen LogP contribution in [-0.4, -0.2) is 45.8 Å². The number of amides is 1. The highest BCUT2D eigenvalue weighted by atomic mass is 35.5. The first-order valence-electron chi connectivity index (χ1n) is 8.87. The summed E-state index contributed by atoms with van der Waals surface area (Å²) in [6, 6.07) is 6.71. The van der Waals surface area contributed by atoms with Crippen LogP contribution in [0.5, 0.6) is 0 Å². The van der Waals surface area contributed by atoms with Crippen molar-refractivity contribution in [2.24, 2.45) is 11.3 Å². The van der Waals surface area contributed by atoms with Gasteiger partial charge in [0.25, 0.3) is 0 Å². The van der Waals surface area contributed by atoms with E-state index in [9.17, 15) is 13.2 Å². The van der Waals surface area contributed by atoms with Crippen LogP contribution >= 0.6 is 12.4 Å². The molecule has 1 aliphatic carbocycles. The molecule has 1 aromatic rings. The van der Waals surface area contributed by atoms with Crippen LogP contribution in [0.15, 0.2) is 29.2 Å². The molecule has 0 bridgehead atoms. The first-order valence-corrected chi connectivity index (χ1v) is 10.3. The van der Waals surface area contributed by atoms with Gasteiger partial charge >= 0.3 is 0 Å². The second-order valence-electron chi connectivity index (χ2n) is 7.34. The highest BCUT2D eigenvalue weighted by Gasteiger charge is 2.49. The molecule has 1 heterocycles. The van der Waals surface area contributed by atoms with Gasteiger partial charge < -0.3 is 10.6 Å². The molecule has 8 heteroatoms. The number of benzene rings is 1. The lowest BCUT2D eigenvalue weighted by atomic mass is 9.67. The van der Waals surface area contributed by atoms with Gasteiger partial charge in [-0.1, -0.05) is 25.0 Å². The van der Waals surface area contributed by atoms with Gasteiger partial charge in [0, 0.05) is 27.2 Å². The Morgan fingerprint density at radius 3 is 2.62 bits per heavy atom. The van der Waals surface area contributed by atoms with Crippen molar-refractivity contribution in [1.82, 2.24) is 14.9 Å². The molecule has 2 aliphatic rings. The summed E-state index contributed by atoms with van der Waals surface area (Å²) in [5.41, 5.74) is 0.646. The Bertz CT molecular complexity index is 737. The predicted molar refractivity (Wildman–Crippen MR) is 104 cm³/mol. The smallest absolute Gasteiger partial charge is 0.242 e. The number of carbonyl (C=O) groups is 1. The zero-order chi connectivity index (χ0) is 18.1. The molecule has 26 heavy (non-hydrogen) atoms. The maximum Gasteiger partial charge on any atom is 0.242 e. The fraction of sp³-hybridized carbons (Fsp3) is 0.611. The molecule has 0 unspecified atom stereocenters. The van der Waals surface area contributed by atoms with Gasteiger partial charge in [0.05, 0.1) is 10.3 Å². The van der Waals surface area contributed by atoms with Crippen molar-refractivity contribution >= 4 is 28.3 Å². The number of nitrogens with zero attached hydrogens (tertiary/aromatic N) is 1. The van der Waals surface area contributed by atoms with Crippen LogP contribution < -0.4 is 10.6 Å². The van der Waals surface area contributed by atoms with Gasteiger partial charge in [-0.2, -0.15) is 0 Å². The maximum absolute atomic E-state index is 12.8. The predicted octanol–water partition coefficient (Wildman–Crippen LogP) is 1.75. The Morgan fingerprint density at radius 1 is 1.27 bits per heavy atom. The molecule has 0 radical (unpaired) electrons. The Hall–Kier alpha value is -1.15. The summed E-state index contributed by atoms with van der Waals surface area (Å²) in [6.45, 7) is 2.13. The largest absolute Gasteiger partial charge is 0.351 e. The Morgan fingerprint density at radius 2 is 1.96 bits per heavy atom. The molecule has 2 atom stereocenters. The molecule has 0 aromatic heterocycles. The third kappa shape index (κ3) is 3.91. The molecule has 2 N–H and O–H groups in total. The van der Waals surface area contributed by atoms with Gasteiger partial charge in [-0.25, -0.2) is 12.7 Å². The summed E-state index contributed by atoms with van der Waals surface area (Å²) < 4.78 is 25.4. The molecule has 6 nitrogen and oxygen atoms in total. The number of hydrogen-bond donors (Lipinski definition) is 2. The van der Waals surface area contributed by atoms with Crippen LogP contribution in [0.1, 0.15) is 31.2 Å². The van der Waals surface area contributed by atoms with Gasteiger partial charge in [-0.3, -0.25) is 4.79 Å². The van der Waals surface area contributed by atoms with Crippen molar-refractivity contribution in [3.63, 3.8) is 0 Å². The molecule has 3 rings (SSSR count). The van der Waals surface area contributed by atoms with E-state index in [1.165, 1.54) is 24.8 Å². The average molecular weight is 402 g/mol. The Balaban J connectivity index is 0.00000243. The maximum atomic E-state index is 12.8. The van der Waals surface area contributed by atoms with Crippen LogP contribution in [0.25, 0.3) is 0 Å². The van der Waals surface area contributed by atoms with Crippen molar-refractivity contribution in [1.29, 1.82) is 0 Å². The van der Waals surface area contributed by atoms with E-state index in [2.05, 4.69) is 10.6 Å². The molecule has 1 saturated carbocycles. The van der Waals surface area contributed by atoms with Crippen LogP contribution in [0.4, 0.5) is 0 Å². The lowest BCUT2D eigenvalue weighted by molar-refractivity contribution is -0.134. The third-order valence-electron chi connectivity index (χ3n) is 5.65. The van der Waals surface area contributed by atoms with E-state index in [0.29, 0.717) is 12.5 Å². The van der Waals surface area contributed by atoms with E-state index >= 15 is 0 Å². The zero-order valence-corrected chi connectivity index (χ0v) is 17.0. The van der Waals surface area contributed by atoms with Crippen LogP contribution in [-0.2, 0) is 21.4 Å². The monoisotopic (exact) mass is 401 g/mol. The van der Waals surface area contributed by atoms with Crippen molar-refractivity contribution in [2.75, 3.05) is 27.2 Å². The van der Waals surface area contributed by atoms with Crippen molar-refractivity contribution in [3.8, 4) is 0 Å². The van der Waals surface area contributed by atoms with E-state index in [1.54, 1.807) is 24.3 Å². The number of fused-ring (bicyclic) bond motifs is 1. The summed E-state index contributed by atoms with van der Waals surface area (Å²) >= 11 is 0. The van der Waals surface area contributed by atoms with Crippen LogP contribution in [0.3, 0.4) is 0 Å².